The quantitative estimate of drug-likeness (QED) is 0.709. The molecule has 1 amide bonds. The van der Waals surface area contributed by atoms with E-state index in [0.717, 1.165) is 4.47 Å². The van der Waals surface area contributed by atoms with Crippen LogP contribution in [0.2, 0.25) is 5.02 Å². The van der Waals surface area contributed by atoms with E-state index in [1.807, 2.05) is 24.5 Å². The van der Waals surface area contributed by atoms with Gasteiger partial charge in [-0.1, -0.05) is 39.3 Å². The number of halogens is 2. The van der Waals surface area contributed by atoms with Crippen LogP contribution in [0.25, 0.3) is 5.70 Å². The van der Waals surface area contributed by atoms with Crippen molar-refractivity contribution in [2.75, 3.05) is 20.5 Å². The maximum atomic E-state index is 13.0. The zero-order chi connectivity index (χ0) is 20.7. The van der Waals surface area contributed by atoms with Gasteiger partial charge in [-0.2, -0.15) is 0 Å². The fraction of sp³-hybridized carbons (Fsp3) is 0.211. The van der Waals surface area contributed by atoms with E-state index in [9.17, 15) is 4.79 Å². The number of nitrogens with zero attached hydrogens (tertiary/aromatic N) is 3. The molecule has 150 valence electrons. The van der Waals surface area contributed by atoms with Crippen molar-refractivity contribution in [1.82, 2.24) is 10.3 Å². The molecule has 0 aromatic heterocycles. The lowest BCUT2D eigenvalue weighted by Crippen LogP contribution is -2.50. The topological polar surface area (TPSA) is 75.5 Å². The predicted octanol–water partition coefficient (Wildman–Crippen LogP) is 2.63. The van der Waals surface area contributed by atoms with Gasteiger partial charge in [0.1, 0.15) is 5.70 Å². The Kier molecular flexibility index (Phi) is 5.46. The second-order valence-electron chi connectivity index (χ2n) is 6.15. The molecule has 1 unspecified atom stereocenters. The van der Waals surface area contributed by atoms with E-state index in [2.05, 4.69) is 26.3 Å². The van der Waals surface area contributed by atoms with E-state index >= 15 is 0 Å². The second kappa shape index (κ2) is 7.89. The van der Waals surface area contributed by atoms with Crippen LogP contribution in [0, 0.1) is 0 Å². The number of thioether (sulfide) groups is 1. The molecule has 0 saturated heterocycles. The molecule has 2 aromatic carbocycles. The standard InChI is InChI=1S/C19H16BrClN4O3S/c1-27-14-8-10(21)7-12(16(14)28-2)17-22-13-5-4-9(20)6-11(13)15-18(26)23-19(29-3)24-25(15)17/h4-8,17H,1-3H3,(H,23,24,26). The number of hydrogen-bond acceptors (Lipinski definition) is 7. The van der Waals surface area contributed by atoms with Crippen LogP contribution >= 0.6 is 39.3 Å². The third-order valence-electron chi connectivity index (χ3n) is 4.51. The first kappa shape index (κ1) is 20.1. The third-order valence-corrected chi connectivity index (χ3v) is 5.80. The molecular formula is C19H16BrClN4O3S. The molecule has 2 heterocycles. The fourth-order valence-electron chi connectivity index (χ4n) is 3.30. The van der Waals surface area contributed by atoms with E-state index in [4.69, 9.17) is 26.1 Å². The Balaban J connectivity index is 2.04. The van der Waals surface area contributed by atoms with Crippen LogP contribution in [0.3, 0.4) is 0 Å². The Morgan fingerprint density at radius 3 is 2.72 bits per heavy atom. The summed E-state index contributed by atoms with van der Waals surface area (Å²) in [6, 6.07) is 9.00. The summed E-state index contributed by atoms with van der Waals surface area (Å²) in [7, 11) is 3.09. The summed E-state index contributed by atoms with van der Waals surface area (Å²) in [6.45, 7) is 0. The van der Waals surface area contributed by atoms with Gasteiger partial charge in [-0.3, -0.25) is 15.1 Å². The van der Waals surface area contributed by atoms with Crippen molar-refractivity contribution < 1.29 is 14.3 Å². The molecule has 7 nitrogen and oxygen atoms in total. The maximum absolute atomic E-state index is 13.0. The molecule has 0 fully saturated rings. The Bertz CT molecular complexity index is 1170. The highest BCUT2D eigenvalue weighted by Crippen LogP contribution is 2.42. The molecule has 2 aromatic rings. The smallest absolute Gasteiger partial charge is 0.276 e. The minimum absolute atomic E-state index is 0.253. The van der Waals surface area contributed by atoms with Gasteiger partial charge in [-0.05, 0) is 30.5 Å². The first-order valence-electron chi connectivity index (χ1n) is 8.49. The van der Waals surface area contributed by atoms with Gasteiger partial charge in [-0.25, -0.2) is 5.01 Å². The summed E-state index contributed by atoms with van der Waals surface area (Å²) < 4.78 is 11.9. The van der Waals surface area contributed by atoms with Crippen LogP contribution in [0.1, 0.15) is 11.7 Å². The summed E-state index contributed by atoms with van der Waals surface area (Å²) in [5.41, 5.74) is 1.04. The van der Waals surface area contributed by atoms with E-state index in [1.165, 1.54) is 11.8 Å². The summed E-state index contributed by atoms with van der Waals surface area (Å²) in [4.78, 5) is 17.8. The summed E-state index contributed by atoms with van der Waals surface area (Å²) >= 11 is 11.1. The number of amides is 1. The Labute approximate surface area is 184 Å². The van der Waals surface area contributed by atoms with Crippen LogP contribution in [0.5, 0.6) is 11.5 Å². The average Bonchev–Trinajstić information content (AvgIpc) is 2.71. The number of rotatable bonds is 3. The van der Waals surface area contributed by atoms with Crippen LogP contribution < -0.4 is 25.4 Å². The summed E-state index contributed by atoms with van der Waals surface area (Å²) in [5.74, 6) is 0.706. The number of carbonyl (C=O) groups excluding carboxylic acids is 1. The number of benzene rings is 2. The number of hydrazone groups is 1. The Morgan fingerprint density at radius 2 is 2.03 bits per heavy atom. The maximum Gasteiger partial charge on any atom is 0.276 e. The van der Waals surface area contributed by atoms with Gasteiger partial charge in [0.2, 0.25) is 0 Å². The van der Waals surface area contributed by atoms with Crippen LogP contribution in [-0.2, 0) is 4.79 Å². The van der Waals surface area contributed by atoms with Gasteiger partial charge in [0.05, 0.1) is 19.6 Å². The lowest BCUT2D eigenvalue weighted by Gasteiger charge is -2.34. The number of nitrogens with one attached hydrogen (secondary N) is 1. The molecule has 1 atom stereocenters. The highest BCUT2D eigenvalue weighted by atomic mass is 79.9. The lowest BCUT2D eigenvalue weighted by molar-refractivity contribution is -0.116. The van der Waals surface area contributed by atoms with Crippen LogP contribution in [0.4, 0.5) is 0 Å². The molecule has 10 heteroatoms. The number of methoxy groups -OCH3 is 2. The molecule has 0 aliphatic carbocycles. The fourth-order valence-corrected chi connectivity index (χ4v) is 4.24. The third kappa shape index (κ3) is 3.47. The molecule has 0 saturated carbocycles. The number of hydrogen-bond donors (Lipinski definition) is 1. The first-order valence-corrected chi connectivity index (χ1v) is 10.9. The van der Waals surface area contributed by atoms with Gasteiger partial charge in [0.25, 0.3) is 5.91 Å². The molecule has 1 N–H and O–H groups in total. The number of fused-ring (bicyclic) bond motifs is 2. The Morgan fingerprint density at radius 1 is 1.24 bits per heavy atom. The minimum atomic E-state index is -0.658. The zero-order valence-electron chi connectivity index (χ0n) is 15.7. The molecule has 29 heavy (non-hydrogen) atoms. The van der Waals surface area contributed by atoms with E-state index in [1.54, 1.807) is 31.4 Å². The zero-order valence-corrected chi connectivity index (χ0v) is 18.9. The number of carbonyl (C=O) groups is 1. The normalized spacial score (nSPS) is 17.6. The van der Waals surface area contributed by atoms with Gasteiger partial charge >= 0.3 is 0 Å². The SMILES string of the molecule is COc1cc(Cl)cc(C2N=c3ccc(Br)cc3=C3C(=O)NC(SC)=NN32)c1OC. The summed E-state index contributed by atoms with van der Waals surface area (Å²) in [5, 5.41) is 11.3. The number of amidine groups is 1. The van der Waals surface area contributed by atoms with Gasteiger partial charge < -0.3 is 9.47 Å². The first-order chi connectivity index (χ1) is 14.0. The van der Waals surface area contributed by atoms with E-state index in [0.29, 0.717) is 43.5 Å². The molecule has 4 rings (SSSR count). The monoisotopic (exact) mass is 494 g/mol. The summed E-state index contributed by atoms with van der Waals surface area (Å²) in [6.07, 6.45) is 1.18. The average molecular weight is 496 g/mol. The molecule has 0 spiro atoms. The lowest BCUT2D eigenvalue weighted by atomic mass is 10.1. The predicted molar refractivity (Wildman–Crippen MR) is 117 cm³/mol. The highest BCUT2D eigenvalue weighted by Gasteiger charge is 2.36. The van der Waals surface area contributed by atoms with Crippen LogP contribution in [-0.4, -0.2) is 36.6 Å². The van der Waals surface area contributed by atoms with E-state index in [-0.39, 0.29) is 5.91 Å². The minimum Gasteiger partial charge on any atom is -0.493 e. The molecule has 0 radical (unpaired) electrons. The highest BCUT2D eigenvalue weighted by molar-refractivity contribution is 9.10. The van der Waals surface area contributed by atoms with Crippen molar-refractivity contribution in [3.8, 4) is 11.5 Å². The van der Waals surface area contributed by atoms with Crippen molar-refractivity contribution in [3.05, 3.63) is 56.0 Å². The van der Waals surface area contributed by atoms with Crippen molar-refractivity contribution in [1.29, 1.82) is 0 Å². The molecule has 0 bridgehead atoms. The van der Waals surface area contributed by atoms with Gasteiger partial charge in [-0.15, -0.1) is 5.10 Å². The van der Waals surface area contributed by atoms with Crippen LogP contribution in [0.15, 0.2) is 44.9 Å². The van der Waals surface area contributed by atoms with Crippen molar-refractivity contribution in [2.24, 2.45) is 10.1 Å². The van der Waals surface area contributed by atoms with Crippen molar-refractivity contribution >= 4 is 56.1 Å². The van der Waals surface area contributed by atoms with E-state index < -0.39 is 6.17 Å². The molecule has 2 aliphatic heterocycles. The van der Waals surface area contributed by atoms with Gasteiger partial charge in [0, 0.05) is 26.3 Å². The second-order valence-corrected chi connectivity index (χ2v) is 8.30. The van der Waals surface area contributed by atoms with Gasteiger partial charge in [0.15, 0.2) is 22.8 Å². The molecule has 2 aliphatic rings. The van der Waals surface area contributed by atoms with Crippen molar-refractivity contribution in [3.63, 3.8) is 0 Å². The number of ether oxygens (including phenoxy) is 2. The molecular weight excluding hydrogens is 480 g/mol. The van der Waals surface area contributed by atoms with Crippen molar-refractivity contribution in [2.45, 2.75) is 6.17 Å². The largest absolute Gasteiger partial charge is 0.493 e. The Hall–Kier alpha value is -2.23.